The topological polar surface area (TPSA) is 88.2 Å². The zero-order valence-corrected chi connectivity index (χ0v) is 20.0. The number of nitrogens with two attached hydrogens (primary N) is 1. The zero-order chi connectivity index (χ0) is 26.0. The number of aromatic nitrogens is 3. The smallest absolute Gasteiger partial charge is 0.383 e. The van der Waals surface area contributed by atoms with E-state index in [2.05, 4.69) is 15.0 Å². The van der Waals surface area contributed by atoms with Gasteiger partial charge in [-0.3, -0.25) is 14.8 Å². The van der Waals surface area contributed by atoms with E-state index in [1.54, 1.807) is 36.5 Å². The molecule has 1 amide bonds. The van der Waals surface area contributed by atoms with Crippen molar-refractivity contribution in [3.63, 3.8) is 0 Å². The number of halogens is 3. The standard InChI is InChI=1S/C26H25F3N6O/c1-4-17-6-5-11-31-24(17)34(3)35(15-21-9-8-20(14-32-21)26(27,28)29)25(36)18-7-10-22-19(13-18)12-16(2)23(30)33-22/h5-14H,4,15H2,1-3H3,(H2,30,33). The number of anilines is 2. The molecule has 0 spiro atoms. The molecule has 2 N–H and O–H groups in total. The maximum atomic E-state index is 13.8. The van der Waals surface area contributed by atoms with Gasteiger partial charge in [-0.1, -0.05) is 13.0 Å². The number of carbonyl (C=O) groups is 1. The largest absolute Gasteiger partial charge is 0.417 e. The third-order valence-corrected chi connectivity index (χ3v) is 5.91. The van der Waals surface area contributed by atoms with Gasteiger partial charge in [0.2, 0.25) is 0 Å². The molecule has 0 unspecified atom stereocenters. The van der Waals surface area contributed by atoms with E-state index in [0.29, 0.717) is 34.8 Å². The molecule has 0 aliphatic carbocycles. The third kappa shape index (κ3) is 5.07. The van der Waals surface area contributed by atoms with Gasteiger partial charge in [-0.2, -0.15) is 13.2 Å². The number of fused-ring (bicyclic) bond motifs is 1. The van der Waals surface area contributed by atoms with Crippen LogP contribution < -0.4 is 10.7 Å². The summed E-state index contributed by atoms with van der Waals surface area (Å²) in [6.07, 6.45) is -1.43. The molecular formula is C26H25F3N6O. The fourth-order valence-electron chi connectivity index (χ4n) is 3.84. The molecule has 0 fully saturated rings. The van der Waals surface area contributed by atoms with E-state index in [1.165, 1.54) is 11.1 Å². The van der Waals surface area contributed by atoms with Crippen LogP contribution in [0.2, 0.25) is 0 Å². The summed E-state index contributed by atoms with van der Waals surface area (Å²) >= 11 is 0. The van der Waals surface area contributed by atoms with E-state index in [-0.39, 0.29) is 12.5 Å². The minimum absolute atomic E-state index is 0.0652. The summed E-state index contributed by atoms with van der Waals surface area (Å²) in [4.78, 5) is 26.6. The van der Waals surface area contributed by atoms with Crippen molar-refractivity contribution in [1.82, 2.24) is 20.0 Å². The summed E-state index contributed by atoms with van der Waals surface area (Å²) in [5, 5.41) is 3.77. The number of benzene rings is 1. The molecule has 0 saturated carbocycles. The number of hydrogen-bond donors (Lipinski definition) is 1. The Morgan fingerprint density at radius 3 is 2.53 bits per heavy atom. The lowest BCUT2D eigenvalue weighted by Gasteiger charge is -2.33. The van der Waals surface area contributed by atoms with E-state index in [1.807, 2.05) is 32.0 Å². The van der Waals surface area contributed by atoms with Crippen LogP contribution in [0.4, 0.5) is 24.8 Å². The average Bonchev–Trinajstić information content (AvgIpc) is 2.86. The SMILES string of the molecule is CCc1cccnc1N(C)N(Cc1ccc(C(F)(F)F)cn1)C(=O)c1ccc2nc(N)c(C)cc2c1. The lowest BCUT2D eigenvalue weighted by molar-refractivity contribution is -0.137. The van der Waals surface area contributed by atoms with Crippen LogP contribution in [-0.2, 0) is 19.1 Å². The normalized spacial score (nSPS) is 11.5. The predicted molar refractivity (Wildman–Crippen MR) is 132 cm³/mol. The second-order valence-corrected chi connectivity index (χ2v) is 8.36. The number of nitrogen functional groups attached to an aromatic ring is 1. The number of alkyl halides is 3. The van der Waals surface area contributed by atoms with Crippen molar-refractivity contribution in [3.05, 3.63) is 88.9 Å². The molecule has 1 aromatic carbocycles. The van der Waals surface area contributed by atoms with Gasteiger partial charge >= 0.3 is 6.18 Å². The van der Waals surface area contributed by atoms with E-state index < -0.39 is 11.7 Å². The summed E-state index contributed by atoms with van der Waals surface area (Å²) in [6.45, 7) is 3.74. The lowest BCUT2D eigenvalue weighted by atomic mass is 10.1. The van der Waals surface area contributed by atoms with Crippen molar-refractivity contribution >= 4 is 28.4 Å². The number of nitrogens with zero attached hydrogens (tertiary/aromatic N) is 5. The van der Waals surface area contributed by atoms with Crippen molar-refractivity contribution < 1.29 is 18.0 Å². The molecule has 4 rings (SSSR count). The molecular weight excluding hydrogens is 469 g/mol. The van der Waals surface area contributed by atoms with Gasteiger partial charge in [0.25, 0.3) is 5.91 Å². The van der Waals surface area contributed by atoms with Crippen LogP contribution in [0.1, 0.15) is 39.7 Å². The Morgan fingerprint density at radius 2 is 1.86 bits per heavy atom. The molecule has 0 aliphatic heterocycles. The van der Waals surface area contributed by atoms with E-state index >= 15 is 0 Å². The van der Waals surface area contributed by atoms with Crippen LogP contribution in [-0.4, -0.2) is 32.9 Å². The molecule has 3 aromatic heterocycles. The molecule has 0 bridgehead atoms. The molecule has 7 nitrogen and oxygen atoms in total. The number of rotatable bonds is 6. The molecule has 0 atom stereocenters. The second-order valence-electron chi connectivity index (χ2n) is 8.36. The Hall–Kier alpha value is -4.21. The highest BCUT2D eigenvalue weighted by Crippen LogP contribution is 2.29. The number of pyridine rings is 3. The van der Waals surface area contributed by atoms with Crippen LogP contribution in [0.5, 0.6) is 0 Å². The van der Waals surface area contributed by atoms with Crippen molar-refractivity contribution in [2.75, 3.05) is 17.8 Å². The first-order chi connectivity index (χ1) is 17.1. The predicted octanol–water partition coefficient (Wildman–Crippen LogP) is 5.19. The quantitative estimate of drug-likeness (QED) is 0.371. The highest BCUT2D eigenvalue weighted by molar-refractivity contribution is 5.99. The Kier molecular flexibility index (Phi) is 6.78. The van der Waals surface area contributed by atoms with Crippen LogP contribution in [0.3, 0.4) is 0 Å². The van der Waals surface area contributed by atoms with Crippen LogP contribution in [0, 0.1) is 6.92 Å². The third-order valence-electron chi connectivity index (χ3n) is 5.91. The van der Waals surface area contributed by atoms with Crippen LogP contribution in [0.15, 0.2) is 60.9 Å². The molecule has 0 aliphatic rings. The number of aryl methyl sites for hydroxylation is 2. The second kappa shape index (κ2) is 9.80. The molecule has 0 radical (unpaired) electrons. The Balaban J connectivity index is 1.74. The minimum atomic E-state index is -4.50. The Labute approximate surface area is 206 Å². The number of carbonyl (C=O) groups excluding carboxylic acids is 1. The molecule has 4 aromatic rings. The average molecular weight is 495 g/mol. The van der Waals surface area contributed by atoms with Gasteiger partial charge in [0.1, 0.15) is 11.6 Å². The van der Waals surface area contributed by atoms with Crippen molar-refractivity contribution in [2.45, 2.75) is 33.0 Å². The van der Waals surface area contributed by atoms with E-state index in [4.69, 9.17) is 5.73 Å². The first-order valence-corrected chi connectivity index (χ1v) is 11.3. The number of hydrazine groups is 1. The van der Waals surface area contributed by atoms with Gasteiger partial charge in [0.15, 0.2) is 0 Å². The lowest BCUT2D eigenvalue weighted by Crippen LogP contribution is -2.45. The summed E-state index contributed by atoms with van der Waals surface area (Å²) in [7, 11) is 1.69. The number of amides is 1. The van der Waals surface area contributed by atoms with Gasteiger partial charge < -0.3 is 5.73 Å². The Bertz CT molecular complexity index is 1410. The fourth-order valence-corrected chi connectivity index (χ4v) is 3.84. The fraction of sp³-hybridized carbons (Fsp3) is 0.231. The number of hydrogen-bond acceptors (Lipinski definition) is 6. The zero-order valence-electron chi connectivity index (χ0n) is 20.0. The summed E-state index contributed by atoms with van der Waals surface area (Å²) in [6, 6.07) is 12.9. The monoisotopic (exact) mass is 494 g/mol. The van der Waals surface area contributed by atoms with Gasteiger partial charge in [0.05, 0.1) is 23.3 Å². The van der Waals surface area contributed by atoms with Crippen molar-refractivity contribution in [1.29, 1.82) is 0 Å². The van der Waals surface area contributed by atoms with E-state index in [0.717, 1.165) is 28.8 Å². The van der Waals surface area contributed by atoms with Crippen molar-refractivity contribution in [2.24, 2.45) is 0 Å². The summed E-state index contributed by atoms with van der Waals surface area (Å²) < 4.78 is 39.0. The van der Waals surface area contributed by atoms with Gasteiger partial charge in [0, 0.05) is 30.4 Å². The van der Waals surface area contributed by atoms with E-state index in [9.17, 15) is 18.0 Å². The van der Waals surface area contributed by atoms with Crippen LogP contribution >= 0.6 is 0 Å². The maximum Gasteiger partial charge on any atom is 0.417 e. The van der Waals surface area contributed by atoms with Gasteiger partial charge in [-0.25, -0.2) is 15.0 Å². The summed E-state index contributed by atoms with van der Waals surface area (Å²) in [5.41, 5.74) is 8.07. The molecule has 3 heterocycles. The summed E-state index contributed by atoms with van der Waals surface area (Å²) in [5.74, 6) is 0.605. The van der Waals surface area contributed by atoms with Gasteiger partial charge in [-0.15, -0.1) is 0 Å². The molecule has 10 heteroatoms. The van der Waals surface area contributed by atoms with Gasteiger partial charge in [-0.05, 0) is 66.9 Å². The highest BCUT2D eigenvalue weighted by Gasteiger charge is 2.31. The van der Waals surface area contributed by atoms with Crippen LogP contribution in [0.25, 0.3) is 10.9 Å². The minimum Gasteiger partial charge on any atom is -0.383 e. The van der Waals surface area contributed by atoms with Crippen molar-refractivity contribution in [3.8, 4) is 0 Å². The Morgan fingerprint density at radius 1 is 1.08 bits per heavy atom. The molecule has 0 saturated heterocycles. The molecule has 186 valence electrons. The first kappa shape index (κ1) is 24.9. The maximum absolute atomic E-state index is 13.8. The first-order valence-electron chi connectivity index (χ1n) is 11.3. The molecule has 36 heavy (non-hydrogen) atoms. The highest BCUT2D eigenvalue weighted by atomic mass is 19.4.